The monoisotopic (exact) mass is 292 g/mol. The predicted molar refractivity (Wildman–Crippen MR) is 75.9 cm³/mol. The second-order valence-corrected chi connectivity index (χ2v) is 5.61. The molecule has 0 aliphatic heterocycles. The number of hydrogen-bond acceptors (Lipinski definition) is 3. The average molecular weight is 292 g/mol. The highest BCUT2D eigenvalue weighted by atomic mass is 32.2. The lowest BCUT2D eigenvalue weighted by Crippen LogP contribution is -2.14. The third-order valence-corrected chi connectivity index (χ3v) is 4.22. The van der Waals surface area contributed by atoms with Crippen molar-refractivity contribution in [2.24, 2.45) is 5.73 Å². The van der Waals surface area contributed by atoms with Gasteiger partial charge in [0.2, 0.25) is 5.91 Å². The molecule has 2 aromatic carbocycles. The highest BCUT2D eigenvalue weighted by molar-refractivity contribution is 7.84. The molecule has 4 N–H and O–H groups in total. The van der Waals surface area contributed by atoms with Crippen molar-refractivity contribution in [2.45, 2.75) is 10.6 Å². The lowest BCUT2D eigenvalue weighted by atomic mass is 10.1. The number of rotatable bonds is 4. The zero-order valence-electron chi connectivity index (χ0n) is 10.5. The molecule has 0 aliphatic carbocycles. The van der Waals surface area contributed by atoms with Gasteiger partial charge in [0.25, 0.3) is 0 Å². The van der Waals surface area contributed by atoms with Crippen LogP contribution in [0.1, 0.15) is 15.9 Å². The van der Waals surface area contributed by atoms with Crippen LogP contribution in [0, 0.1) is 5.82 Å². The van der Waals surface area contributed by atoms with Crippen LogP contribution in [-0.4, -0.2) is 10.1 Å². The number of carbonyl (C=O) groups excluding carboxylic acids is 1. The fraction of sp³-hybridized carbons (Fsp3) is 0.0714. The highest BCUT2D eigenvalue weighted by Crippen LogP contribution is 2.21. The molecule has 0 bridgehead atoms. The fourth-order valence-corrected chi connectivity index (χ4v) is 3.06. The summed E-state index contributed by atoms with van der Waals surface area (Å²) in [5, 5.41) is 0. The summed E-state index contributed by atoms with van der Waals surface area (Å²) in [5.74, 6) is -0.972. The summed E-state index contributed by atoms with van der Waals surface area (Å²) in [4.78, 5) is 11.6. The van der Waals surface area contributed by atoms with Crippen LogP contribution in [0.25, 0.3) is 0 Å². The van der Waals surface area contributed by atoms with E-state index in [0.717, 1.165) is 6.07 Å². The lowest BCUT2D eigenvalue weighted by Gasteiger charge is -2.08. The minimum absolute atomic E-state index is 0.0922. The van der Waals surface area contributed by atoms with Crippen molar-refractivity contribution >= 4 is 22.4 Å². The number of benzene rings is 2. The van der Waals surface area contributed by atoms with E-state index >= 15 is 0 Å². The molecule has 0 aliphatic rings. The predicted octanol–water partition coefficient (Wildman–Crippen LogP) is 1.81. The summed E-state index contributed by atoms with van der Waals surface area (Å²) in [6.45, 7) is 0. The topological polar surface area (TPSA) is 86.2 Å². The smallest absolute Gasteiger partial charge is 0.249 e. The molecule has 0 aromatic heterocycles. The van der Waals surface area contributed by atoms with Crippen LogP contribution in [0.5, 0.6) is 0 Å². The Balaban J connectivity index is 2.30. The number of halogens is 1. The van der Waals surface area contributed by atoms with E-state index in [9.17, 15) is 13.4 Å². The van der Waals surface area contributed by atoms with Gasteiger partial charge in [0.15, 0.2) is 0 Å². The molecule has 104 valence electrons. The van der Waals surface area contributed by atoms with Gasteiger partial charge >= 0.3 is 0 Å². The van der Waals surface area contributed by atoms with Gasteiger partial charge in [0.1, 0.15) is 5.82 Å². The van der Waals surface area contributed by atoms with E-state index in [1.165, 1.54) is 12.1 Å². The summed E-state index contributed by atoms with van der Waals surface area (Å²) in [7, 11) is -1.48. The maximum absolute atomic E-state index is 13.0. The van der Waals surface area contributed by atoms with Gasteiger partial charge in [-0.15, -0.1) is 0 Å². The van der Waals surface area contributed by atoms with Crippen molar-refractivity contribution in [3.63, 3.8) is 0 Å². The maximum Gasteiger partial charge on any atom is 0.249 e. The van der Waals surface area contributed by atoms with Crippen LogP contribution in [0.4, 0.5) is 10.1 Å². The van der Waals surface area contributed by atoms with Crippen LogP contribution < -0.4 is 11.5 Å². The quantitative estimate of drug-likeness (QED) is 0.843. The number of hydrogen-bond donors (Lipinski definition) is 2. The van der Waals surface area contributed by atoms with E-state index in [4.69, 9.17) is 11.5 Å². The number of amides is 1. The van der Waals surface area contributed by atoms with Crippen LogP contribution in [-0.2, 0) is 16.6 Å². The first-order valence-corrected chi connectivity index (χ1v) is 7.12. The molecule has 1 amide bonds. The van der Waals surface area contributed by atoms with Crippen molar-refractivity contribution in [1.82, 2.24) is 0 Å². The van der Waals surface area contributed by atoms with Crippen LogP contribution in [0.3, 0.4) is 0 Å². The number of nitrogens with two attached hydrogens (primary N) is 2. The molecule has 0 heterocycles. The first kappa shape index (κ1) is 14.2. The average Bonchev–Trinajstić information content (AvgIpc) is 2.38. The molecule has 20 heavy (non-hydrogen) atoms. The number of carbonyl (C=O) groups is 1. The van der Waals surface area contributed by atoms with Crippen molar-refractivity contribution < 1.29 is 13.4 Å². The third kappa shape index (κ3) is 3.03. The van der Waals surface area contributed by atoms with E-state index in [1.54, 1.807) is 24.3 Å². The Kier molecular flexibility index (Phi) is 4.14. The summed E-state index contributed by atoms with van der Waals surface area (Å²) in [6.07, 6.45) is 0. The van der Waals surface area contributed by atoms with Crippen LogP contribution in [0.15, 0.2) is 47.4 Å². The van der Waals surface area contributed by atoms with Gasteiger partial charge in [0.05, 0.1) is 27.1 Å². The zero-order valence-corrected chi connectivity index (χ0v) is 11.3. The third-order valence-electron chi connectivity index (χ3n) is 2.79. The first-order chi connectivity index (χ1) is 9.49. The first-order valence-electron chi connectivity index (χ1n) is 5.80. The van der Waals surface area contributed by atoms with E-state index in [2.05, 4.69) is 0 Å². The van der Waals surface area contributed by atoms with Gasteiger partial charge in [-0.3, -0.25) is 9.00 Å². The summed E-state index contributed by atoms with van der Waals surface area (Å²) in [5.41, 5.74) is 11.9. The van der Waals surface area contributed by atoms with E-state index in [-0.39, 0.29) is 11.4 Å². The Morgan fingerprint density at radius 2 is 1.90 bits per heavy atom. The van der Waals surface area contributed by atoms with Crippen molar-refractivity contribution in [1.29, 1.82) is 0 Å². The molecule has 6 heteroatoms. The molecule has 1 atom stereocenters. The Bertz CT molecular complexity index is 689. The number of nitrogen functional groups attached to an aromatic ring is 1. The molecule has 0 radical (unpaired) electrons. The lowest BCUT2D eigenvalue weighted by molar-refractivity contribution is 0.0999. The summed E-state index contributed by atoms with van der Waals surface area (Å²) in [6, 6.07) is 10.4. The number of anilines is 1. The SMILES string of the molecule is NC(=O)c1ccccc1CS(=O)c1ccc(F)cc1N. The van der Waals surface area contributed by atoms with Crippen molar-refractivity contribution in [2.75, 3.05) is 5.73 Å². The molecule has 2 aromatic rings. The second-order valence-electron chi connectivity index (χ2n) is 4.19. The molecule has 0 fully saturated rings. The Morgan fingerprint density at radius 1 is 1.20 bits per heavy atom. The molecule has 4 nitrogen and oxygen atoms in total. The van der Waals surface area contributed by atoms with Gasteiger partial charge in [-0.05, 0) is 29.8 Å². The molecular weight excluding hydrogens is 279 g/mol. The minimum atomic E-state index is -1.48. The molecular formula is C14H13FN2O2S. The molecule has 0 saturated heterocycles. The maximum atomic E-state index is 13.0. The zero-order chi connectivity index (χ0) is 14.7. The van der Waals surface area contributed by atoms with Gasteiger partial charge in [0, 0.05) is 5.56 Å². The van der Waals surface area contributed by atoms with Crippen LogP contribution >= 0.6 is 0 Å². The standard InChI is InChI=1S/C14H13FN2O2S/c15-10-5-6-13(12(16)7-10)20(19)8-9-3-1-2-4-11(9)14(17)18/h1-7H,8,16H2,(H2,17,18). The second kappa shape index (κ2) is 5.83. The van der Waals surface area contributed by atoms with Gasteiger partial charge in [-0.25, -0.2) is 4.39 Å². The molecule has 0 saturated carbocycles. The number of primary amides is 1. The minimum Gasteiger partial charge on any atom is -0.398 e. The fourth-order valence-electron chi connectivity index (χ4n) is 1.83. The Labute approximate surface area is 118 Å². The highest BCUT2D eigenvalue weighted by Gasteiger charge is 2.14. The van der Waals surface area contributed by atoms with E-state index < -0.39 is 22.5 Å². The molecule has 2 rings (SSSR count). The van der Waals surface area contributed by atoms with E-state index in [0.29, 0.717) is 16.0 Å². The van der Waals surface area contributed by atoms with Gasteiger partial charge in [-0.2, -0.15) is 0 Å². The largest absolute Gasteiger partial charge is 0.398 e. The van der Waals surface area contributed by atoms with Crippen molar-refractivity contribution in [3.8, 4) is 0 Å². The molecule has 0 spiro atoms. The summed E-state index contributed by atoms with van der Waals surface area (Å²) >= 11 is 0. The Morgan fingerprint density at radius 3 is 2.55 bits per heavy atom. The van der Waals surface area contributed by atoms with Gasteiger partial charge in [-0.1, -0.05) is 18.2 Å². The normalized spacial score (nSPS) is 12.1. The van der Waals surface area contributed by atoms with E-state index in [1.807, 2.05) is 0 Å². The molecule has 1 unspecified atom stereocenters. The van der Waals surface area contributed by atoms with Crippen molar-refractivity contribution in [3.05, 3.63) is 59.4 Å². The summed E-state index contributed by atoms with van der Waals surface area (Å²) < 4.78 is 25.2. The van der Waals surface area contributed by atoms with Crippen LogP contribution in [0.2, 0.25) is 0 Å². The Hall–Kier alpha value is -2.21. The van der Waals surface area contributed by atoms with Gasteiger partial charge < -0.3 is 11.5 Å².